The molecular formula is C9H9BrNO2. The topological polar surface area (TPSA) is 63.3 Å². The monoisotopic (exact) mass is 242 g/mol. The molecule has 0 atom stereocenters. The molecule has 0 aliphatic carbocycles. The average Bonchev–Trinajstić information content (AvgIpc) is 2.08. The molecule has 1 amide bonds. The summed E-state index contributed by atoms with van der Waals surface area (Å²) in [6.45, 7) is -0.109. The molecule has 0 bridgehead atoms. The number of carbonyl (C=O) groups is 1. The van der Waals surface area contributed by atoms with Crippen LogP contribution in [0, 0.1) is 6.42 Å². The summed E-state index contributed by atoms with van der Waals surface area (Å²) in [7, 11) is 0. The molecule has 0 unspecified atom stereocenters. The zero-order chi connectivity index (χ0) is 9.84. The minimum Gasteiger partial charge on any atom is -0.396 e. The lowest BCUT2D eigenvalue weighted by Crippen LogP contribution is -2.13. The predicted octanol–water partition coefficient (Wildman–Crippen LogP) is 1.09. The number of amides is 1. The van der Waals surface area contributed by atoms with E-state index in [1.165, 1.54) is 6.42 Å². The van der Waals surface area contributed by atoms with Crippen LogP contribution in [0.2, 0.25) is 0 Å². The van der Waals surface area contributed by atoms with E-state index in [-0.39, 0.29) is 6.61 Å². The standard InChI is InChI=1S/C9H9BrNO2/c10-7-2-1-6(3-4-12)8(5-7)9(11)13/h1-3,5,12H,4H2,(H2,11,13). The first-order valence-corrected chi connectivity index (χ1v) is 4.48. The Morgan fingerprint density at radius 1 is 1.62 bits per heavy atom. The van der Waals surface area contributed by atoms with Crippen molar-refractivity contribution in [3.05, 3.63) is 40.2 Å². The van der Waals surface area contributed by atoms with Crippen LogP contribution >= 0.6 is 15.9 Å². The minimum atomic E-state index is -0.499. The fraction of sp³-hybridized carbons (Fsp3) is 0.111. The Kier molecular flexibility index (Phi) is 3.45. The highest BCUT2D eigenvalue weighted by molar-refractivity contribution is 9.10. The molecule has 3 N–H and O–H groups in total. The molecule has 0 aliphatic heterocycles. The second-order valence-electron chi connectivity index (χ2n) is 2.48. The molecule has 0 saturated heterocycles. The van der Waals surface area contributed by atoms with Crippen molar-refractivity contribution < 1.29 is 9.90 Å². The van der Waals surface area contributed by atoms with Crippen molar-refractivity contribution in [1.82, 2.24) is 0 Å². The van der Waals surface area contributed by atoms with Crippen LogP contribution < -0.4 is 5.73 Å². The molecule has 0 spiro atoms. The van der Waals surface area contributed by atoms with Crippen LogP contribution in [0.5, 0.6) is 0 Å². The summed E-state index contributed by atoms with van der Waals surface area (Å²) in [4.78, 5) is 10.9. The summed E-state index contributed by atoms with van der Waals surface area (Å²) in [5.41, 5.74) is 6.21. The maximum absolute atomic E-state index is 10.9. The maximum atomic E-state index is 10.9. The van der Waals surface area contributed by atoms with Gasteiger partial charge in [-0.3, -0.25) is 4.79 Å². The van der Waals surface area contributed by atoms with Gasteiger partial charge in [-0.05, 0) is 17.7 Å². The number of hydrogen-bond acceptors (Lipinski definition) is 2. The second kappa shape index (κ2) is 4.39. The first-order valence-electron chi connectivity index (χ1n) is 3.68. The lowest BCUT2D eigenvalue weighted by molar-refractivity contribution is 0.0999. The van der Waals surface area contributed by atoms with Gasteiger partial charge in [0.05, 0.1) is 6.61 Å². The van der Waals surface area contributed by atoms with Crippen LogP contribution in [0.15, 0.2) is 22.7 Å². The summed E-state index contributed by atoms with van der Waals surface area (Å²) in [5.74, 6) is -0.499. The normalized spacial score (nSPS) is 10.0. The van der Waals surface area contributed by atoms with E-state index in [0.717, 1.165) is 4.47 Å². The van der Waals surface area contributed by atoms with Crippen LogP contribution in [-0.4, -0.2) is 17.6 Å². The molecule has 1 rings (SSSR count). The summed E-state index contributed by atoms with van der Waals surface area (Å²) >= 11 is 3.23. The van der Waals surface area contributed by atoms with Gasteiger partial charge in [-0.1, -0.05) is 22.0 Å². The third-order valence-corrected chi connectivity index (χ3v) is 2.09. The molecule has 0 aromatic heterocycles. The van der Waals surface area contributed by atoms with E-state index in [9.17, 15) is 4.79 Å². The molecule has 1 aromatic carbocycles. The number of halogens is 1. The summed E-state index contributed by atoms with van der Waals surface area (Å²) in [6.07, 6.45) is 1.53. The first-order chi connectivity index (χ1) is 6.15. The molecular weight excluding hydrogens is 234 g/mol. The molecule has 1 radical (unpaired) electrons. The highest BCUT2D eigenvalue weighted by Crippen LogP contribution is 2.17. The van der Waals surface area contributed by atoms with Gasteiger partial charge in [0.2, 0.25) is 5.91 Å². The Labute approximate surface area is 84.7 Å². The predicted molar refractivity (Wildman–Crippen MR) is 53.1 cm³/mol. The average molecular weight is 243 g/mol. The number of benzene rings is 1. The van der Waals surface area contributed by atoms with E-state index in [1.807, 2.05) is 0 Å². The Balaban J connectivity index is 3.10. The van der Waals surface area contributed by atoms with Crippen LogP contribution in [0.3, 0.4) is 0 Å². The van der Waals surface area contributed by atoms with Crippen molar-refractivity contribution >= 4 is 21.8 Å². The number of aliphatic hydroxyl groups is 1. The van der Waals surface area contributed by atoms with Gasteiger partial charge in [0.15, 0.2) is 0 Å². The third kappa shape index (κ3) is 2.54. The van der Waals surface area contributed by atoms with Gasteiger partial charge in [-0.25, -0.2) is 0 Å². The van der Waals surface area contributed by atoms with Crippen molar-refractivity contribution in [2.75, 3.05) is 6.61 Å². The lowest BCUT2D eigenvalue weighted by atomic mass is 10.0. The van der Waals surface area contributed by atoms with E-state index in [4.69, 9.17) is 10.8 Å². The third-order valence-electron chi connectivity index (χ3n) is 1.59. The molecule has 13 heavy (non-hydrogen) atoms. The molecule has 0 saturated carbocycles. The zero-order valence-corrected chi connectivity index (χ0v) is 8.41. The second-order valence-corrected chi connectivity index (χ2v) is 3.40. The van der Waals surface area contributed by atoms with Crippen molar-refractivity contribution in [2.45, 2.75) is 0 Å². The van der Waals surface area contributed by atoms with Crippen molar-refractivity contribution in [2.24, 2.45) is 5.73 Å². The molecule has 0 aliphatic rings. The van der Waals surface area contributed by atoms with E-state index in [1.54, 1.807) is 18.2 Å². The molecule has 0 heterocycles. The Hall–Kier alpha value is -0.870. The summed E-state index contributed by atoms with van der Waals surface area (Å²) in [5, 5.41) is 8.68. The number of aliphatic hydroxyl groups excluding tert-OH is 1. The SMILES string of the molecule is NC(=O)c1cc(Br)ccc1[CH]CO. The van der Waals surface area contributed by atoms with Crippen molar-refractivity contribution in [3.8, 4) is 0 Å². The number of nitrogens with two attached hydrogens (primary N) is 1. The van der Waals surface area contributed by atoms with E-state index in [2.05, 4.69) is 15.9 Å². The lowest BCUT2D eigenvalue weighted by Gasteiger charge is -2.04. The van der Waals surface area contributed by atoms with Gasteiger partial charge in [0, 0.05) is 16.5 Å². The van der Waals surface area contributed by atoms with E-state index >= 15 is 0 Å². The highest BCUT2D eigenvalue weighted by atomic mass is 79.9. The van der Waals surface area contributed by atoms with Crippen LogP contribution in [-0.2, 0) is 0 Å². The summed E-state index contributed by atoms with van der Waals surface area (Å²) < 4.78 is 0.788. The summed E-state index contributed by atoms with van der Waals surface area (Å²) in [6, 6.07) is 5.14. The Morgan fingerprint density at radius 3 is 2.85 bits per heavy atom. The van der Waals surface area contributed by atoms with Gasteiger partial charge in [0.25, 0.3) is 0 Å². The van der Waals surface area contributed by atoms with E-state index in [0.29, 0.717) is 11.1 Å². The zero-order valence-electron chi connectivity index (χ0n) is 6.83. The highest BCUT2D eigenvalue weighted by Gasteiger charge is 2.07. The van der Waals surface area contributed by atoms with Gasteiger partial charge in [0.1, 0.15) is 0 Å². The molecule has 0 fully saturated rings. The Morgan fingerprint density at radius 2 is 2.31 bits per heavy atom. The Bertz CT molecular complexity index is 325. The fourth-order valence-corrected chi connectivity index (χ4v) is 1.38. The largest absolute Gasteiger partial charge is 0.396 e. The van der Waals surface area contributed by atoms with Gasteiger partial charge in [-0.2, -0.15) is 0 Å². The molecule has 69 valence electrons. The number of rotatable bonds is 3. The quantitative estimate of drug-likeness (QED) is 0.834. The van der Waals surface area contributed by atoms with Crippen molar-refractivity contribution in [3.63, 3.8) is 0 Å². The van der Waals surface area contributed by atoms with Gasteiger partial charge < -0.3 is 10.8 Å². The number of carbonyl (C=O) groups excluding carboxylic acids is 1. The first kappa shape index (κ1) is 10.2. The fourth-order valence-electron chi connectivity index (χ4n) is 1.02. The molecule has 3 nitrogen and oxygen atoms in total. The van der Waals surface area contributed by atoms with Crippen LogP contribution in [0.1, 0.15) is 15.9 Å². The van der Waals surface area contributed by atoms with Gasteiger partial charge in [-0.15, -0.1) is 0 Å². The maximum Gasteiger partial charge on any atom is 0.249 e. The smallest absolute Gasteiger partial charge is 0.249 e. The van der Waals surface area contributed by atoms with Crippen molar-refractivity contribution in [1.29, 1.82) is 0 Å². The minimum absolute atomic E-state index is 0.109. The van der Waals surface area contributed by atoms with Crippen LogP contribution in [0.25, 0.3) is 0 Å². The van der Waals surface area contributed by atoms with E-state index < -0.39 is 5.91 Å². The molecule has 4 heteroatoms. The van der Waals surface area contributed by atoms with Crippen LogP contribution in [0.4, 0.5) is 0 Å². The number of primary amides is 1. The number of hydrogen-bond donors (Lipinski definition) is 2. The van der Waals surface area contributed by atoms with Gasteiger partial charge >= 0.3 is 0 Å². The molecule has 1 aromatic rings.